The van der Waals surface area contributed by atoms with E-state index in [-0.39, 0.29) is 5.78 Å². The highest BCUT2D eigenvalue weighted by Gasteiger charge is 2.26. The van der Waals surface area contributed by atoms with Crippen LogP contribution in [0.5, 0.6) is 5.75 Å². The fourth-order valence-corrected chi connectivity index (χ4v) is 2.50. The molecule has 0 radical (unpaired) electrons. The SMILES string of the molecule is CC(=O)Oc1c2c(cc3ccccc13)CCC2=O. The lowest BCUT2D eigenvalue weighted by Crippen LogP contribution is -2.06. The third kappa shape index (κ3) is 1.59. The van der Waals surface area contributed by atoms with Gasteiger partial charge in [0.05, 0.1) is 5.56 Å². The summed E-state index contributed by atoms with van der Waals surface area (Å²) in [5, 5.41) is 1.82. The molecule has 0 unspecified atom stereocenters. The summed E-state index contributed by atoms with van der Waals surface area (Å²) in [7, 11) is 0. The summed E-state index contributed by atoms with van der Waals surface area (Å²) >= 11 is 0. The third-order valence-electron chi connectivity index (χ3n) is 3.23. The maximum atomic E-state index is 11.9. The van der Waals surface area contributed by atoms with E-state index in [2.05, 4.69) is 0 Å². The fraction of sp³-hybridized carbons (Fsp3) is 0.200. The van der Waals surface area contributed by atoms with Gasteiger partial charge in [-0.05, 0) is 17.4 Å². The highest BCUT2D eigenvalue weighted by Crippen LogP contribution is 2.37. The molecule has 0 heterocycles. The predicted octanol–water partition coefficient (Wildman–Crippen LogP) is 2.89. The summed E-state index contributed by atoms with van der Waals surface area (Å²) in [5.41, 5.74) is 1.57. The summed E-state index contributed by atoms with van der Waals surface area (Å²) in [6.45, 7) is 1.35. The summed E-state index contributed by atoms with van der Waals surface area (Å²) in [6, 6.07) is 9.66. The van der Waals surface area contributed by atoms with Crippen LogP contribution in [0.25, 0.3) is 10.8 Å². The number of esters is 1. The Morgan fingerprint density at radius 3 is 2.78 bits per heavy atom. The van der Waals surface area contributed by atoms with Crippen LogP contribution in [0.15, 0.2) is 30.3 Å². The van der Waals surface area contributed by atoms with Gasteiger partial charge < -0.3 is 4.74 Å². The van der Waals surface area contributed by atoms with Gasteiger partial charge in [0.15, 0.2) is 5.78 Å². The van der Waals surface area contributed by atoms with Crippen molar-refractivity contribution >= 4 is 22.5 Å². The van der Waals surface area contributed by atoms with Gasteiger partial charge in [-0.3, -0.25) is 9.59 Å². The zero-order valence-electron chi connectivity index (χ0n) is 10.0. The minimum Gasteiger partial charge on any atom is -0.425 e. The molecule has 0 spiro atoms. The van der Waals surface area contributed by atoms with Crippen molar-refractivity contribution in [3.63, 3.8) is 0 Å². The number of carbonyl (C=O) groups excluding carboxylic acids is 2. The van der Waals surface area contributed by atoms with Crippen LogP contribution in [0.4, 0.5) is 0 Å². The van der Waals surface area contributed by atoms with E-state index in [0.717, 1.165) is 22.8 Å². The lowest BCUT2D eigenvalue weighted by molar-refractivity contribution is -0.131. The Morgan fingerprint density at radius 1 is 1.22 bits per heavy atom. The number of Topliss-reactive ketones (excluding diaryl/α,β-unsaturated/α-hetero) is 1. The van der Waals surface area contributed by atoms with E-state index >= 15 is 0 Å². The van der Waals surface area contributed by atoms with Crippen molar-refractivity contribution in [2.75, 3.05) is 0 Å². The largest absolute Gasteiger partial charge is 0.425 e. The molecule has 0 bridgehead atoms. The fourth-order valence-electron chi connectivity index (χ4n) is 2.50. The molecule has 0 aromatic heterocycles. The van der Waals surface area contributed by atoms with Crippen molar-refractivity contribution in [3.05, 3.63) is 41.5 Å². The molecule has 3 heteroatoms. The zero-order chi connectivity index (χ0) is 12.7. The molecular formula is C15H12O3. The van der Waals surface area contributed by atoms with Crippen LogP contribution in [0.1, 0.15) is 29.3 Å². The lowest BCUT2D eigenvalue weighted by atomic mass is 10.0. The maximum Gasteiger partial charge on any atom is 0.308 e. The second-order valence-corrected chi connectivity index (χ2v) is 4.48. The molecule has 2 aromatic carbocycles. The molecule has 90 valence electrons. The van der Waals surface area contributed by atoms with E-state index in [4.69, 9.17) is 4.74 Å². The molecule has 0 fully saturated rings. The topological polar surface area (TPSA) is 43.4 Å². The smallest absolute Gasteiger partial charge is 0.308 e. The van der Waals surface area contributed by atoms with E-state index in [9.17, 15) is 9.59 Å². The molecule has 0 aliphatic heterocycles. The summed E-state index contributed by atoms with van der Waals surface area (Å²) in [6.07, 6.45) is 1.23. The van der Waals surface area contributed by atoms with Crippen LogP contribution in [-0.4, -0.2) is 11.8 Å². The van der Waals surface area contributed by atoms with Crippen LogP contribution in [-0.2, 0) is 11.2 Å². The monoisotopic (exact) mass is 240 g/mol. The predicted molar refractivity (Wildman–Crippen MR) is 67.9 cm³/mol. The van der Waals surface area contributed by atoms with Crippen molar-refractivity contribution in [1.82, 2.24) is 0 Å². The van der Waals surface area contributed by atoms with Crippen LogP contribution >= 0.6 is 0 Å². The van der Waals surface area contributed by atoms with Gasteiger partial charge in [0.25, 0.3) is 0 Å². The second kappa shape index (κ2) is 3.95. The lowest BCUT2D eigenvalue weighted by Gasteiger charge is -2.11. The Balaban J connectivity index is 2.36. The zero-order valence-corrected chi connectivity index (χ0v) is 10.0. The Hall–Kier alpha value is -2.16. The number of rotatable bonds is 1. The van der Waals surface area contributed by atoms with Crippen LogP contribution in [0.3, 0.4) is 0 Å². The average Bonchev–Trinajstić information content (AvgIpc) is 2.70. The molecule has 0 amide bonds. The van der Waals surface area contributed by atoms with E-state index in [0.29, 0.717) is 17.7 Å². The van der Waals surface area contributed by atoms with Crippen molar-refractivity contribution in [3.8, 4) is 5.75 Å². The van der Waals surface area contributed by atoms with Crippen molar-refractivity contribution < 1.29 is 14.3 Å². The van der Waals surface area contributed by atoms with Gasteiger partial charge in [0, 0.05) is 18.7 Å². The van der Waals surface area contributed by atoms with E-state index in [1.165, 1.54) is 6.92 Å². The number of hydrogen-bond donors (Lipinski definition) is 0. The summed E-state index contributed by atoms with van der Waals surface area (Å²) in [4.78, 5) is 23.2. The van der Waals surface area contributed by atoms with Crippen molar-refractivity contribution in [1.29, 1.82) is 0 Å². The second-order valence-electron chi connectivity index (χ2n) is 4.48. The Morgan fingerprint density at radius 2 is 2.00 bits per heavy atom. The molecular weight excluding hydrogens is 228 g/mol. The number of ether oxygens (including phenoxy) is 1. The minimum absolute atomic E-state index is 0.0620. The number of carbonyl (C=O) groups is 2. The number of fused-ring (bicyclic) bond motifs is 2. The van der Waals surface area contributed by atoms with Gasteiger partial charge in [-0.1, -0.05) is 30.3 Å². The molecule has 0 saturated carbocycles. The highest BCUT2D eigenvalue weighted by atomic mass is 16.5. The van der Waals surface area contributed by atoms with Gasteiger partial charge in [0.1, 0.15) is 5.75 Å². The number of aryl methyl sites for hydroxylation is 1. The quantitative estimate of drug-likeness (QED) is 0.568. The normalized spacial score (nSPS) is 13.7. The summed E-state index contributed by atoms with van der Waals surface area (Å²) < 4.78 is 5.28. The Labute approximate surface area is 104 Å². The van der Waals surface area contributed by atoms with Crippen LogP contribution < -0.4 is 4.74 Å². The first-order chi connectivity index (χ1) is 8.66. The van der Waals surface area contributed by atoms with Gasteiger partial charge in [-0.25, -0.2) is 0 Å². The molecule has 0 N–H and O–H groups in total. The molecule has 3 rings (SSSR count). The van der Waals surface area contributed by atoms with E-state index in [1.807, 2.05) is 30.3 Å². The standard InChI is InChI=1S/C15H12O3/c1-9(16)18-15-12-5-3-2-4-10(12)8-11-6-7-13(17)14(11)15/h2-5,8H,6-7H2,1H3. The van der Waals surface area contributed by atoms with Gasteiger partial charge >= 0.3 is 5.97 Å². The van der Waals surface area contributed by atoms with E-state index in [1.54, 1.807) is 0 Å². The maximum absolute atomic E-state index is 11.9. The molecule has 2 aromatic rings. The van der Waals surface area contributed by atoms with Crippen molar-refractivity contribution in [2.45, 2.75) is 19.8 Å². The Kier molecular flexibility index (Phi) is 2.40. The first-order valence-corrected chi connectivity index (χ1v) is 5.93. The van der Waals surface area contributed by atoms with Crippen LogP contribution in [0.2, 0.25) is 0 Å². The highest BCUT2D eigenvalue weighted by molar-refractivity contribution is 6.09. The number of hydrogen-bond acceptors (Lipinski definition) is 3. The van der Waals surface area contributed by atoms with Gasteiger partial charge in [0.2, 0.25) is 0 Å². The Bertz CT molecular complexity index is 671. The minimum atomic E-state index is -0.395. The number of ketones is 1. The van der Waals surface area contributed by atoms with Crippen LogP contribution in [0, 0.1) is 0 Å². The first kappa shape index (κ1) is 11.0. The average molecular weight is 240 g/mol. The molecule has 0 saturated heterocycles. The number of benzene rings is 2. The molecule has 0 atom stereocenters. The first-order valence-electron chi connectivity index (χ1n) is 5.93. The molecule has 1 aliphatic carbocycles. The summed E-state index contributed by atoms with van der Waals surface area (Å²) in [5.74, 6) is 0.0957. The van der Waals surface area contributed by atoms with Crippen molar-refractivity contribution in [2.24, 2.45) is 0 Å². The molecule has 18 heavy (non-hydrogen) atoms. The van der Waals surface area contributed by atoms with Gasteiger partial charge in [-0.2, -0.15) is 0 Å². The third-order valence-corrected chi connectivity index (χ3v) is 3.23. The van der Waals surface area contributed by atoms with E-state index < -0.39 is 5.97 Å². The van der Waals surface area contributed by atoms with Gasteiger partial charge in [-0.15, -0.1) is 0 Å². The molecule has 3 nitrogen and oxygen atoms in total. The molecule has 1 aliphatic rings.